The number of nitrogens with zero attached hydrogens (tertiary/aromatic N) is 4. The first-order chi connectivity index (χ1) is 8.31. The van der Waals surface area contributed by atoms with Crippen molar-refractivity contribution in [3.05, 3.63) is 16.1 Å². The van der Waals surface area contributed by atoms with Crippen LogP contribution in [0.15, 0.2) is 12.5 Å². The molecule has 0 aromatic carbocycles. The van der Waals surface area contributed by atoms with E-state index in [4.69, 9.17) is 0 Å². The molecule has 0 N–H and O–H groups in total. The van der Waals surface area contributed by atoms with E-state index in [0.29, 0.717) is 0 Å². The minimum absolute atomic E-state index is 1.05. The quantitative estimate of drug-likeness (QED) is 0.563. The van der Waals surface area contributed by atoms with Crippen LogP contribution in [-0.4, -0.2) is 52.9 Å². The van der Waals surface area contributed by atoms with E-state index >= 15 is 0 Å². The first-order valence-corrected chi connectivity index (χ1v) is 8.00. The first-order valence-electron chi connectivity index (χ1n) is 5.80. The van der Waals surface area contributed by atoms with Gasteiger partial charge in [-0.3, -0.25) is 0 Å². The molecule has 0 radical (unpaired) electrons. The summed E-state index contributed by atoms with van der Waals surface area (Å²) in [5.74, 6) is 1.08. The van der Waals surface area contributed by atoms with Gasteiger partial charge >= 0.3 is 0 Å². The van der Waals surface area contributed by atoms with E-state index in [1.54, 1.807) is 6.33 Å². The second-order valence-electron chi connectivity index (χ2n) is 4.07. The van der Waals surface area contributed by atoms with Gasteiger partial charge in [0.25, 0.3) is 0 Å². The molecule has 2 rings (SSSR count). The molecular formula is C11H16BrIN4. The topological polar surface area (TPSA) is 32.3 Å². The highest BCUT2D eigenvalue weighted by Gasteiger charge is 2.17. The number of hydrogen-bond donors (Lipinski definition) is 0. The van der Waals surface area contributed by atoms with Crippen molar-refractivity contribution in [1.29, 1.82) is 0 Å². The molecule has 1 saturated heterocycles. The summed E-state index contributed by atoms with van der Waals surface area (Å²) in [6, 6.07) is 0. The van der Waals surface area contributed by atoms with Gasteiger partial charge in [0.05, 0.1) is 3.57 Å². The van der Waals surface area contributed by atoms with Crippen molar-refractivity contribution in [2.75, 3.05) is 43.0 Å². The van der Waals surface area contributed by atoms with Crippen molar-refractivity contribution in [1.82, 2.24) is 14.9 Å². The van der Waals surface area contributed by atoms with Crippen molar-refractivity contribution < 1.29 is 0 Å². The van der Waals surface area contributed by atoms with Crippen LogP contribution in [-0.2, 0) is 0 Å². The van der Waals surface area contributed by atoms with E-state index in [0.717, 1.165) is 40.9 Å². The van der Waals surface area contributed by atoms with Gasteiger partial charge in [0.2, 0.25) is 0 Å². The third kappa shape index (κ3) is 3.75. The summed E-state index contributed by atoms with van der Waals surface area (Å²) in [5.41, 5.74) is 0. The second kappa shape index (κ2) is 6.84. The van der Waals surface area contributed by atoms with Crippen LogP contribution in [0.25, 0.3) is 0 Å². The lowest BCUT2D eigenvalue weighted by atomic mass is 10.4. The van der Waals surface area contributed by atoms with Gasteiger partial charge in [0, 0.05) is 37.7 Å². The lowest BCUT2D eigenvalue weighted by molar-refractivity contribution is 0.313. The lowest BCUT2D eigenvalue weighted by Gasteiger charge is -2.22. The number of hydrogen-bond acceptors (Lipinski definition) is 4. The molecule has 1 aromatic rings. The average molecular weight is 411 g/mol. The fourth-order valence-corrected chi connectivity index (χ4v) is 3.21. The molecule has 1 fully saturated rings. The van der Waals surface area contributed by atoms with Gasteiger partial charge in [-0.1, -0.05) is 15.9 Å². The monoisotopic (exact) mass is 410 g/mol. The molecule has 0 atom stereocenters. The third-order valence-corrected chi connectivity index (χ3v) is 4.05. The fourth-order valence-electron chi connectivity index (χ4n) is 2.06. The maximum atomic E-state index is 4.39. The summed E-state index contributed by atoms with van der Waals surface area (Å²) in [6.45, 7) is 5.58. The molecule has 0 amide bonds. The van der Waals surface area contributed by atoms with Gasteiger partial charge in [-0.2, -0.15) is 0 Å². The molecule has 4 nitrogen and oxygen atoms in total. The zero-order valence-corrected chi connectivity index (χ0v) is 13.4. The van der Waals surface area contributed by atoms with Gasteiger partial charge in [0.1, 0.15) is 12.1 Å². The molecular weight excluding hydrogens is 395 g/mol. The summed E-state index contributed by atoms with van der Waals surface area (Å²) in [4.78, 5) is 13.3. The van der Waals surface area contributed by atoms with Crippen LogP contribution in [0.1, 0.15) is 6.42 Å². The Morgan fingerprint density at radius 3 is 2.94 bits per heavy atom. The van der Waals surface area contributed by atoms with Crippen LogP contribution in [0.4, 0.5) is 5.82 Å². The zero-order chi connectivity index (χ0) is 12.1. The predicted octanol–water partition coefficient (Wildman–Crippen LogP) is 1.99. The lowest BCUT2D eigenvalue weighted by Crippen LogP contribution is -2.32. The minimum atomic E-state index is 1.05. The summed E-state index contributed by atoms with van der Waals surface area (Å²) in [7, 11) is 0. The Morgan fingerprint density at radius 2 is 2.18 bits per heavy atom. The fraction of sp³-hybridized carbons (Fsp3) is 0.636. The average Bonchev–Trinajstić information content (AvgIpc) is 2.56. The zero-order valence-electron chi connectivity index (χ0n) is 9.65. The van der Waals surface area contributed by atoms with Crippen LogP contribution in [0, 0.1) is 3.57 Å². The molecule has 0 aliphatic carbocycles. The molecule has 1 aliphatic heterocycles. The number of halogens is 2. The van der Waals surface area contributed by atoms with E-state index in [9.17, 15) is 0 Å². The number of rotatable bonds is 3. The summed E-state index contributed by atoms with van der Waals surface area (Å²) >= 11 is 5.81. The van der Waals surface area contributed by atoms with E-state index in [1.807, 2.05) is 6.20 Å². The maximum absolute atomic E-state index is 4.39. The molecule has 1 aliphatic rings. The van der Waals surface area contributed by atoms with Crippen molar-refractivity contribution in [3.8, 4) is 0 Å². The third-order valence-electron chi connectivity index (χ3n) is 2.94. The van der Waals surface area contributed by atoms with Crippen molar-refractivity contribution >= 4 is 44.3 Å². The molecule has 6 heteroatoms. The van der Waals surface area contributed by atoms with Gasteiger partial charge in [0.15, 0.2) is 0 Å². The maximum Gasteiger partial charge on any atom is 0.145 e. The summed E-state index contributed by atoms with van der Waals surface area (Å²) in [6.07, 6.45) is 4.72. The normalized spacial score (nSPS) is 18.1. The van der Waals surface area contributed by atoms with Crippen LogP contribution >= 0.6 is 38.5 Å². The molecule has 94 valence electrons. The summed E-state index contributed by atoms with van der Waals surface area (Å²) < 4.78 is 1.14. The van der Waals surface area contributed by atoms with Gasteiger partial charge in [-0.05, 0) is 35.6 Å². The Bertz CT molecular complexity index is 363. The summed E-state index contributed by atoms with van der Waals surface area (Å²) in [5, 5.41) is 1.05. The Balaban J connectivity index is 2.01. The number of alkyl halides is 1. The minimum Gasteiger partial charge on any atom is -0.354 e. The molecule has 17 heavy (non-hydrogen) atoms. The second-order valence-corrected chi connectivity index (χ2v) is 6.02. The molecule has 1 aromatic heterocycles. The standard InChI is InChI=1S/C11H16BrIN4/c12-2-5-16-3-1-4-17(7-6-16)11-10(13)8-14-9-15-11/h8-9H,1-7H2. The van der Waals surface area contributed by atoms with Gasteiger partial charge in [-0.25, -0.2) is 9.97 Å². The predicted molar refractivity (Wildman–Crippen MR) is 81.8 cm³/mol. The smallest absolute Gasteiger partial charge is 0.145 e. The van der Waals surface area contributed by atoms with Gasteiger partial charge in [-0.15, -0.1) is 0 Å². The van der Waals surface area contributed by atoms with E-state index in [1.165, 1.54) is 13.0 Å². The van der Waals surface area contributed by atoms with E-state index < -0.39 is 0 Å². The molecule has 0 unspecified atom stereocenters. The van der Waals surface area contributed by atoms with Crippen LogP contribution < -0.4 is 4.90 Å². The largest absolute Gasteiger partial charge is 0.354 e. The Hall–Kier alpha value is 0.0500. The van der Waals surface area contributed by atoms with Crippen molar-refractivity contribution in [2.45, 2.75) is 6.42 Å². The Labute approximate surface area is 124 Å². The first kappa shape index (κ1) is 13.5. The van der Waals surface area contributed by atoms with Crippen molar-refractivity contribution in [2.24, 2.45) is 0 Å². The van der Waals surface area contributed by atoms with E-state index in [-0.39, 0.29) is 0 Å². The van der Waals surface area contributed by atoms with Crippen LogP contribution in [0.5, 0.6) is 0 Å². The SMILES string of the molecule is BrCCN1CCCN(c2ncncc2I)CC1. The Morgan fingerprint density at radius 1 is 1.29 bits per heavy atom. The Kier molecular flexibility index (Phi) is 5.43. The molecule has 0 saturated carbocycles. The number of anilines is 1. The van der Waals surface area contributed by atoms with Gasteiger partial charge < -0.3 is 9.80 Å². The van der Waals surface area contributed by atoms with Crippen LogP contribution in [0.3, 0.4) is 0 Å². The number of aromatic nitrogens is 2. The molecule has 0 spiro atoms. The molecule has 0 bridgehead atoms. The van der Waals surface area contributed by atoms with Crippen molar-refractivity contribution in [3.63, 3.8) is 0 Å². The highest BCUT2D eigenvalue weighted by atomic mass is 127. The molecule has 2 heterocycles. The van der Waals surface area contributed by atoms with E-state index in [2.05, 4.69) is 58.3 Å². The highest BCUT2D eigenvalue weighted by Crippen LogP contribution is 2.19. The van der Waals surface area contributed by atoms with Crippen LogP contribution in [0.2, 0.25) is 0 Å². The highest BCUT2D eigenvalue weighted by molar-refractivity contribution is 14.1.